The van der Waals surface area contributed by atoms with Crippen molar-refractivity contribution in [1.29, 1.82) is 0 Å². The van der Waals surface area contributed by atoms with E-state index in [1.807, 2.05) is 58.0 Å². The molecule has 1 fully saturated rings. The van der Waals surface area contributed by atoms with Gasteiger partial charge in [-0.25, -0.2) is 0 Å². The maximum atomic E-state index is 12.3. The summed E-state index contributed by atoms with van der Waals surface area (Å²) in [6.07, 6.45) is 0.525. The Labute approximate surface area is 120 Å². The van der Waals surface area contributed by atoms with Crippen molar-refractivity contribution in [3.63, 3.8) is 0 Å². The van der Waals surface area contributed by atoms with Crippen LogP contribution in [0.3, 0.4) is 0 Å². The van der Waals surface area contributed by atoms with Gasteiger partial charge in [0.15, 0.2) is 0 Å². The van der Waals surface area contributed by atoms with Crippen LogP contribution in [-0.2, 0) is 21.3 Å². The monoisotopic (exact) mass is 276 g/mol. The molecule has 1 aromatic rings. The third-order valence-electron chi connectivity index (χ3n) is 4.14. The van der Waals surface area contributed by atoms with Crippen LogP contribution >= 0.6 is 0 Å². The van der Waals surface area contributed by atoms with Crippen molar-refractivity contribution in [2.45, 2.75) is 51.8 Å². The van der Waals surface area contributed by atoms with Crippen LogP contribution < -0.4 is 0 Å². The summed E-state index contributed by atoms with van der Waals surface area (Å²) in [6, 6.07) is 9.56. The van der Waals surface area contributed by atoms with Gasteiger partial charge in [0.2, 0.25) is 0 Å². The molecule has 1 aliphatic heterocycles. The molecule has 1 radical (unpaired) electrons. The number of nitrogens with zero attached hydrogens (tertiary/aromatic N) is 1. The fourth-order valence-electron chi connectivity index (χ4n) is 2.95. The van der Waals surface area contributed by atoms with E-state index in [0.717, 1.165) is 10.6 Å². The van der Waals surface area contributed by atoms with Crippen molar-refractivity contribution in [2.24, 2.45) is 5.92 Å². The number of carbonyl (C=O) groups is 1. The molecule has 0 bridgehead atoms. The van der Waals surface area contributed by atoms with Crippen LogP contribution in [0, 0.1) is 5.92 Å². The molecule has 4 nitrogen and oxygen atoms in total. The second kappa shape index (κ2) is 5.19. The molecular formula is C16H22NO3. The molecular weight excluding hydrogens is 254 g/mol. The van der Waals surface area contributed by atoms with Gasteiger partial charge in [-0.3, -0.25) is 4.79 Å². The number of esters is 1. The van der Waals surface area contributed by atoms with Crippen molar-refractivity contribution >= 4 is 5.97 Å². The molecule has 0 aromatic heterocycles. The third kappa shape index (κ3) is 2.72. The Morgan fingerprint density at radius 1 is 1.25 bits per heavy atom. The summed E-state index contributed by atoms with van der Waals surface area (Å²) in [5.41, 5.74) is -0.299. The van der Waals surface area contributed by atoms with Crippen LogP contribution in [0.25, 0.3) is 0 Å². The zero-order valence-corrected chi connectivity index (χ0v) is 12.6. The second-order valence-electron chi connectivity index (χ2n) is 6.61. The lowest BCUT2D eigenvalue weighted by atomic mass is 9.87. The smallest absolute Gasteiger partial charge is 0.311 e. The molecule has 0 amide bonds. The molecule has 109 valence electrons. The van der Waals surface area contributed by atoms with Gasteiger partial charge in [-0.05, 0) is 39.7 Å². The maximum Gasteiger partial charge on any atom is 0.311 e. The summed E-state index contributed by atoms with van der Waals surface area (Å²) in [6.45, 7) is 7.61. The van der Waals surface area contributed by atoms with E-state index < -0.39 is 17.0 Å². The Hall–Kier alpha value is -1.39. The predicted octanol–water partition coefficient (Wildman–Crippen LogP) is 2.95. The van der Waals surface area contributed by atoms with Gasteiger partial charge in [-0.2, -0.15) is 0 Å². The maximum absolute atomic E-state index is 12.3. The molecule has 1 atom stereocenters. The minimum atomic E-state index is -0.725. The molecule has 1 saturated heterocycles. The largest absolute Gasteiger partial charge is 0.461 e. The van der Waals surface area contributed by atoms with Crippen LogP contribution in [0.4, 0.5) is 0 Å². The van der Waals surface area contributed by atoms with Crippen molar-refractivity contribution in [1.82, 2.24) is 5.06 Å². The van der Waals surface area contributed by atoms with E-state index in [9.17, 15) is 10.0 Å². The molecule has 0 saturated carbocycles. The number of rotatable bonds is 3. The third-order valence-corrected chi connectivity index (χ3v) is 4.14. The van der Waals surface area contributed by atoms with Crippen molar-refractivity contribution in [2.75, 3.05) is 0 Å². The van der Waals surface area contributed by atoms with Gasteiger partial charge in [-0.15, -0.1) is 10.3 Å². The zero-order valence-electron chi connectivity index (χ0n) is 12.6. The molecule has 0 N–H and O–H groups in total. The van der Waals surface area contributed by atoms with Gasteiger partial charge < -0.3 is 4.74 Å². The van der Waals surface area contributed by atoms with Crippen molar-refractivity contribution < 1.29 is 14.7 Å². The lowest BCUT2D eigenvalue weighted by Gasteiger charge is -2.32. The molecule has 1 aromatic carbocycles. The lowest BCUT2D eigenvalue weighted by Crippen LogP contribution is -2.47. The highest BCUT2D eigenvalue weighted by molar-refractivity contribution is 5.74. The van der Waals surface area contributed by atoms with E-state index in [-0.39, 0.29) is 12.6 Å². The first-order valence-electron chi connectivity index (χ1n) is 6.93. The van der Waals surface area contributed by atoms with E-state index in [1.165, 1.54) is 0 Å². The quantitative estimate of drug-likeness (QED) is 0.797. The molecule has 1 unspecified atom stereocenters. The first kappa shape index (κ1) is 15.0. The van der Waals surface area contributed by atoms with Crippen LogP contribution in [0.15, 0.2) is 30.3 Å². The number of hydroxylamine groups is 2. The SMILES string of the molecule is CC1(C)CC(C(=O)OCc2ccccc2)C(C)(C)N1[O]. The molecule has 1 aliphatic rings. The fourth-order valence-corrected chi connectivity index (χ4v) is 2.95. The van der Waals surface area contributed by atoms with Crippen LogP contribution in [0.5, 0.6) is 0 Å². The van der Waals surface area contributed by atoms with E-state index in [0.29, 0.717) is 6.42 Å². The molecule has 4 heteroatoms. The molecule has 2 rings (SSSR count). The van der Waals surface area contributed by atoms with Crippen LogP contribution in [-0.4, -0.2) is 22.1 Å². The van der Waals surface area contributed by atoms with E-state index in [4.69, 9.17) is 4.74 Å². The molecule has 0 spiro atoms. The molecule has 20 heavy (non-hydrogen) atoms. The number of hydrogen-bond acceptors (Lipinski definition) is 3. The van der Waals surface area contributed by atoms with Gasteiger partial charge in [0.25, 0.3) is 0 Å². The van der Waals surface area contributed by atoms with Crippen LogP contribution in [0.1, 0.15) is 39.7 Å². The Morgan fingerprint density at radius 2 is 1.85 bits per heavy atom. The first-order chi connectivity index (χ1) is 9.25. The number of ether oxygens (including phenoxy) is 1. The van der Waals surface area contributed by atoms with E-state index in [1.54, 1.807) is 0 Å². The second-order valence-corrected chi connectivity index (χ2v) is 6.61. The van der Waals surface area contributed by atoms with Crippen molar-refractivity contribution in [3.05, 3.63) is 35.9 Å². The number of hydrogen-bond donors (Lipinski definition) is 0. The highest BCUT2D eigenvalue weighted by Gasteiger charge is 2.55. The van der Waals surface area contributed by atoms with Gasteiger partial charge in [-0.1, -0.05) is 30.3 Å². The number of benzene rings is 1. The summed E-state index contributed by atoms with van der Waals surface area (Å²) < 4.78 is 5.38. The standard InChI is InChI=1S/C16H22NO3/c1-15(2)10-13(16(3,4)17(15)19)14(18)20-11-12-8-6-5-7-9-12/h5-9,13H,10-11H2,1-4H3. The summed E-state index contributed by atoms with van der Waals surface area (Å²) in [5, 5.41) is 13.3. The summed E-state index contributed by atoms with van der Waals surface area (Å²) >= 11 is 0. The van der Waals surface area contributed by atoms with Gasteiger partial charge in [0.05, 0.1) is 11.5 Å². The van der Waals surface area contributed by atoms with E-state index in [2.05, 4.69) is 0 Å². The first-order valence-corrected chi connectivity index (χ1v) is 6.93. The van der Waals surface area contributed by atoms with Gasteiger partial charge in [0.1, 0.15) is 6.61 Å². The zero-order chi connectivity index (χ0) is 15.0. The predicted molar refractivity (Wildman–Crippen MR) is 75.0 cm³/mol. The van der Waals surface area contributed by atoms with Gasteiger partial charge in [0, 0.05) is 5.54 Å². The Bertz CT molecular complexity index is 482. The normalized spacial score (nSPS) is 24.6. The fraction of sp³-hybridized carbons (Fsp3) is 0.562. The van der Waals surface area contributed by atoms with Crippen LogP contribution in [0.2, 0.25) is 0 Å². The Kier molecular flexibility index (Phi) is 3.89. The topological polar surface area (TPSA) is 49.4 Å². The average Bonchev–Trinajstić information content (AvgIpc) is 2.57. The minimum absolute atomic E-state index is 0.255. The molecule has 0 aliphatic carbocycles. The minimum Gasteiger partial charge on any atom is -0.461 e. The highest BCUT2D eigenvalue weighted by atomic mass is 16.5. The van der Waals surface area contributed by atoms with E-state index >= 15 is 0 Å². The highest BCUT2D eigenvalue weighted by Crippen LogP contribution is 2.44. The average molecular weight is 276 g/mol. The molecule has 1 heterocycles. The summed E-state index contributed by atoms with van der Waals surface area (Å²) in [4.78, 5) is 12.3. The number of carbonyl (C=O) groups excluding carboxylic acids is 1. The lowest BCUT2D eigenvalue weighted by molar-refractivity contribution is -0.249. The Morgan fingerprint density at radius 3 is 2.35 bits per heavy atom. The summed E-state index contributed by atoms with van der Waals surface area (Å²) in [5.74, 6) is -0.677. The summed E-state index contributed by atoms with van der Waals surface area (Å²) in [7, 11) is 0. The van der Waals surface area contributed by atoms with Gasteiger partial charge >= 0.3 is 5.97 Å². The Balaban J connectivity index is 2.03. The van der Waals surface area contributed by atoms with Crippen molar-refractivity contribution in [3.8, 4) is 0 Å².